The van der Waals surface area contributed by atoms with Crippen LogP contribution in [0.2, 0.25) is 0 Å². The molecule has 0 N–H and O–H groups in total. The molecular weight excluding hydrogens is 386 g/mol. The smallest absolute Gasteiger partial charge is 0.744 e. The van der Waals surface area contributed by atoms with E-state index in [-0.39, 0.29) is 68.9 Å². The predicted molar refractivity (Wildman–Crippen MR) is 83.0 cm³/mol. The molecule has 0 aromatic heterocycles. The normalized spacial score (nSPS) is 10.6. The van der Waals surface area contributed by atoms with Crippen molar-refractivity contribution in [2.24, 2.45) is 0 Å². The van der Waals surface area contributed by atoms with E-state index >= 15 is 0 Å². The van der Waals surface area contributed by atoms with Crippen LogP contribution in [0.5, 0.6) is 0 Å². The molecule has 0 bridgehead atoms. The Hall–Kier alpha value is 0.260. The molecule has 0 amide bonds. The molecule has 0 unspecified atom stereocenters. The average molecular weight is 402 g/mol. The van der Waals surface area contributed by atoms with E-state index in [4.69, 9.17) is 0 Å². The summed E-state index contributed by atoms with van der Waals surface area (Å²) in [5.74, 6) is 0. The van der Waals surface area contributed by atoms with E-state index in [2.05, 4.69) is 0 Å². The van der Waals surface area contributed by atoms with E-state index in [0.717, 1.165) is 11.1 Å². The van der Waals surface area contributed by atoms with Gasteiger partial charge in [-0.2, -0.15) is 0 Å². The molecular formula is C15H16Na2O6S2. The van der Waals surface area contributed by atoms with Gasteiger partial charge in [-0.25, -0.2) is 16.8 Å². The standard InChI is InChI=1S/C8H10O3S.C7H8O3S.2Na/c1-6-3-4-8(7(2)5-6)12(9,10)11;1-6-2-4-7(5-3-6)11(8,9)10;;/h3-5H,1-2H3,(H,9,10,11);2-5H,1H3,(H,8,9,10);;/q;;2*+1/p-2. The first kappa shape index (κ1) is 27.5. The molecule has 0 aliphatic heterocycles. The maximum absolute atomic E-state index is 10.6. The SMILES string of the molecule is Cc1ccc(S(=O)(=O)[O-])c(C)c1.Cc1ccc(S(=O)(=O)[O-])cc1.[Na+].[Na+]. The quantitative estimate of drug-likeness (QED) is 0.375. The fourth-order valence-electron chi connectivity index (χ4n) is 1.78. The van der Waals surface area contributed by atoms with Gasteiger partial charge in [0.15, 0.2) is 0 Å². The monoisotopic (exact) mass is 402 g/mol. The molecule has 25 heavy (non-hydrogen) atoms. The minimum Gasteiger partial charge on any atom is -0.744 e. The largest absolute Gasteiger partial charge is 1.00 e. The van der Waals surface area contributed by atoms with Crippen LogP contribution in [-0.2, 0) is 20.2 Å². The number of benzene rings is 2. The molecule has 0 saturated heterocycles. The number of rotatable bonds is 2. The molecule has 10 heteroatoms. The second kappa shape index (κ2) is 11.2. The minimum absolute atomic E-state index is 0. The number of hydrogen-bond acceptors (Lipinski definition) is 6. The third-order valence-electron chi connectivity index (χ3n) is 2.91. The van der Waals surface area contributed by atoms with Crippen LogP contribution in [0.15, 0.2) is 52.3 Å². The van der Waals surface area contributed by atoms with Gasteiger partial charge in [0.2, 0.25) is 0 Å². The molecule has 0 spiro atoms. The predicted octanol–water partition coefficient (Wildman–Crippen LogP) is -3.89. The topological polar surface area (TPSA) is 114 Å². The number of aryl methyl sites for hydroxylation is 3. The molecule has 0 aliphatic carbocycles. The Morgan fingerprint density at radius 2 is 1.12 bits per heavy atom. The van der Waals surface area contributed by atoms with Gasteiger partial charge in [-0.05, 0) is 44.5 Å². The van der Waals surface area contributed by atoms with E-state index in [1.54, 1.807) is 31.2 Å². The first-order valence-corrected chi connectivity index (χ1v) is 9.28. The summed E-state index contributed by atoms with van der Waals surface area (Å²) in [6.07, 6.45) is 0. The Morgan fingerprint density at radius 3 is 1.48 bits per heavy atom. The van der Waals surface area contributed by atoms with Gasteiger partial charge < -0.3 is 9.11 Å². The second-order valence-electron chi connectivity index (χ2n) is 4.99. The van der Waals surface area contributed by atoms with Crippen LogP contribution in [0.3, 0.4) is 0 Å². The molecule has 0 aliphatic rings. The van der Waals surface area contributed by atoms with Crippen LogP contribution in [0.1, 0.15) is 16.7 Å². The summed E-state index contributed by atoms with van der Waals surface area (Å²) >= 11 is 0. The molecule has 0 fully saturated rings. The van der Waals surface area contributed by atoms with Crippen molar-refractivity contribution in [3.8, 4) is 0 Å². The van der Waals surface area contributed by atoms with Gasteiger partial charge in [0.05, 0.1) is 9.79 Å². The maximum Gasteiger partial charge on any atom is 1.00 e. The Bertz CT molecular complexity index is 892. The first-order chi connectivity index (χ1) is 10.4. The van der Waals surface area contributed by atoms with Crippen LogP contribution in [-0.4, -0.2) is 25.9 Å². The molecule has 6 nitrogen and oxygen atoms in total. The van der Waals surface area contributed by atoms with Gasteiger partial charge in [0.25, 0.3) is 0 Å². The summed E-state index contributed by atoms with van der Waals surface area (Å²) < 4.78 is 63.0. The van der Waals surface area contributed by atoms with Crippen molar-refractivity contribution in [1.29, 1.82) is 0 Å². The van der Waals surface area contributed by atoms with Gasteiger partial charge in [0, 0.05) is 0 Å². The fourth-order valence-corrected chi connectivity index (χ4v) is 2.94. The molecule has 0 atom stereocenters. The van der Waals surface area contributed by atoms with Crippen LogP contribution in [0.25, 0.3) is 0 Å². The van der Waals surface area contributed by atoms with Crippen LogP contribution >= 0.6 is 0 Å². The van der Waals surface area contributed by atoms with Crippen molar-refractivity contribution in [3.63, 3.8) is 0 Å². The van der Waals surface area contributed by atoms with Crippen molar-refractivity contribution >= 4 is 20.2 Å². The van der Waals surface area contributed by atoms with Gasteiger partial charge in [-0.15, -0.1) is 0 Å². The van der Waals surface area contributed by atoms with E-state index in [9.17, 15) is 25.9 Å². The van der Waals surface area contributed by atoms with Crippen molar-refractivity contribution in [1.82, 2.24) is 0 Å². The van der Waals surface area contributed by atoms with Crippen molar-refractivity contribution < 1.29 is 85.1 Å². The second-order valence-corrected chi connectivity index (χ2v) is 7.72. The Balaban J connectivity index is 0. The Labute approximate surface area is 193 Å². The maximum atomic E-state index is 10.6. The van der Waals surface area contributed by atoms with E-state index in [1.807, 2.05) is 13.8 Å². The van der Waals surface area contributed by atoms with Crippen LogP contribution in [0, 0.1) is 20.8 Å². The van der Waals surface area contributed by atoms with Gasteiger partial charge in [-0.3, -0.25) is 0 Å². The third-order valence-corrected chi connectivity index (χ3v) is 4.76. The summed E-state index contributed by atoms with van der Waals surface area (Å²) in [6.45, 7) is 5.27. The zero-order valence-electron chi connectivity index (χ0n) is 14.8. The van der Waals surface area contributed by atoms with Crippen molar-refractivity contribution in [2.45, 2.75) is 30.6 Å². The Morgan fingerprint density at radius 1 is 0.680 bits per heavy atom. The molecule has 2 rings (SSSR count). The van der Waals surface area contributed by atoms with Crippen molar-refractivity contribution in [3.05, 3.63) is 59.2 Å². The molecule has 0 saturated carbocycles. The van der Waals surface area contributed by atoms with Crippen molar-refractivity contribution in [2.75, 3.05) is 0 Å². The summed E-state index contributed by atoms with van der Waals surface area (Å²) in [5, 5.41) is 0. The fraction of sp³-hybridized carbons (Fsp3) is 0.200. The minimum atomic E-state index is -4.30. The summed E-state index contributed by atoms with van der Waals surface area (Å²) in [6, 6.07) is 10.4. The average Bonchev–Trinajstić information content (AvgIpc) is 2.37. The van der Waals surface area contributed by atoms with Crippen LogP contribution in [0.4, 0.5) is 0 Å². The molecule has 2 aromatic rings. The van der Waals surface area contributed by atoms with Gasteiger partial charge in [0.1, 0.15) is 20.2 Å². The van der Waals surface area contributed by atoms with Gasteiger partial charge in [-0.1, -0.05) is 35.4 Å². The van der Waals surface area contributed by atoms with Gasteiger partial charge >= 0.3 is 59.1 Å². The van der Waals surface area contributed by atoms with E-state index in [0.29, 0.717) is 5.56 Å². The summed E-state index contributed by atoms with van der Waals surface area (Å²) in [4.78, 5) is -0.309. The van der Waals surface area contributed by atoms with E-state index in [1.165, 1.54) is 18.2 Å². The van der Waals surface area contributed by atoms with E-state index < -0.39 is 20.2 Å². The summed E-state index contributed by atoms with van der Waals surface area (Å²) in [5.41, 5.74) is 2.38. The Kier molecular flexibility index (Phi) is 12.3. The molecule has 126 valence electrons. The zero-order chi connectivity index (χ0) is 17.8. The summed E-state index contributed by atoms with van der Waals surface area (Å²) in [7, 11) is -8.57. The third kappa shape index (κ3) is 9.67. The number of hydrogen-bond donors (Lipinski definition) is 0. The molecule has 0 radical (unpaired) electrons. The molecule has 0 heterocycles. The van der Waals surface area contributed by atoms with Crippen LogP contribution < -0.4 is 59.1 Å². The zero-order valence-corrected chi connectivity index (χ0v) is 20.4. The first-order valence-electron chi connectivity index (χ1n) is 6.47. The molecule has 2 aromatic carbocycles.